The van der Waals surface area contributed by atoms with Gasteiger partial charge < -0.3 is 4.52 Å². The number of aryl methyl sites for hydroxylation is 1. The van der Waals surface area contributed by atoms with Crippen molar-refractivity contribution in [2.24, 2.45) is 0 Å². The fourth-order valence-electron chi connectivity index (χ4n) is 1.14. The van der Waals surface area contributed by atoms with Crippen LogP contribution in [-0.2, 0) is 0 Å². The molecule has 0 atom stereocenters. The molecular weight excluding hydrogens is 314 g/mol. The molecule has 0 aliphatic carbocycles. The van der Waals surface area contributed by atoms with Crippen molar-refractivity contribution in [1.29, 1.82) is 0 Å². The highest BCUT2D eigenvalue weighted by Crippen LogP contribution is 2.25. The quantitative estimate of drug-likeness (QED) is 0.757. The molecule has 3 nitrogen and oxygen atoms in total. The van der Waals surface area contributed by atoms with Gasteiger partial charge in [0.1, 0.15) is 0 Å². The van der Waals surface area contributed by atoms with Crippen molar-refractivity contribution >= 4 is 34.2 Å². The maximum absolute atomic E-state index is 5.88. The Balaban J connectivity index is 2.55. The summed E-state index contributed by atoms with van der Waals surface area (Å²) in [5.74, 6) is 0.509. The fourth-order valence-corrected chi connectivity index (χ4v) is 1.63. The molecule has 1 heterocycles. The summed E-state index contributed by atoms with van der Waals surface area (Å²) in [5, 5.41) is 4.39. The molecule has 5 heteroatoms. The summed E-state index contributed by atoms with van der Waals surface area (Å²) in [5.41, 5.74) is 1.95. The minimum atomic E-state index is 0.509. The van der Waals surface area contributed by atoms with Crippen molar-refractivity contribution < 1.29 is 4.52 Å². The molecule has 0 saturated heterocycles. The predicted molar refractivity (Wildman–Crippen MR) is 62.2 cm³/mol. The first-order valence-corrected chi connectivity index (χ1v) is 5.38. The van der Waals surface area contributed by atoms with Crippen molar-refractivity contribution in [2.75, 3.05) is 0 Å². The van der Waals surface area contributed by atoms with Gasteiger partial charge in [-0.15, -0.1) is 0 Å². The molecule has 0 unspecified atom stereocenters. The van der Waals surface area contributed by atoms with E-state index in [1.165, 1.54) is 0 Å². The highest BCUT2D eigenvalue weighted by atomic mass is 127. The second-order valence-electron chi connectivity index (χ2n) is 2.83. The molecule has 0 spiro atoms. The average molecular weight is 321 g/mol. The highest BCUT2D eigenvalue weighted by molar-refractivity contribution is 14.1. The van der Waals surface area contributed by atoms with Crippen molar-refractivity contribution in [3.05, 3.63) is 32.6 Å². The number of hydrogen-bond acceptors (Lipinski definition) is 3. The van der Waals surface area contributed by atoms with Gasteiger partial charge in [-0.3, -0.25) is 0 Å². The molecule has 0 bridgehead atoms. The maximum Gasteiger partial charge on any atom is 0.258 e. The van der Waals surface area contributed by atoms with Crippen molar-refractivity contribution in [1.82, 2.24) is 10.1 Å². The summed E-state index contributed by atoms with van der Waals surface area (Å²) in [6.45, 7) is 1.97. The molecule has 72 valence electrons. The standard InChI is InChI=1S/C9H6ClIN2O/c1-5-2-3-6(10)4-7(5)8-12-9(11)13-14-8/h2-4H,1H3. The van der Waals surface area contributed by atoms with Gasteiger partial charge in [0.25, 0.3) is 5.89 Å². The van der Waals surface area contributed by atoms with Gasteiger partial charge in [0.15, 0.2) is 0 Å². The minimum Gasteiger partial charge on any atom is -0.333 e. The van der Waals surface area contributed by atoms with Crippen LogP contribution in [0.2, 0.25) is 5.02 Å². The van der Waals surface area contributed by atoms with Crippen LogP contribution in [0.15, 0.2) is 22.7 Å². The van der Waals surface area contributed by atoms with Gasteiger partial charge in [-0.1, -0.05) is 22.8 Å². The second-order valence-corrected chi connectivity index (χ2v) is 4.23. The predicted octanol–water partition coefficient (Wildman–Crippen LogP) is 3.30. The van der Waals surface area contributed by atoms with Crippen molar-refractivity contribution in [3.8, 4) is 11.5 Å². The van der Waals surface area contributed by atoms with Crippen LogP contribution in [0.3, 0.4) is 0 Å². The normalized spacial score (nSPS) is 10.5. The van der Waals surface area contributed by atoms with Crippen LogP contribution in [-0.4, -0.2) is 10.1 Å². The van der Waals surface area contributed by atoms with E-state index in [1.54, 1.807) is 0 Å². The van der Waals surface area contributed by atoms with E-state index < -0.39 is 0 Å². The Morgan fingerprint density at radius 1 is 1.43 bits per heavy atom. The smallest absolute Gasteiger partial charge is 0.258 e. The molecule has 0 aliphatic rings. The Bertz CT molecular complexity index is 470. The number of nitrogens with zero attached hydrogens (tertiary/aromatic N) is 2. The van der Waals surface area contributed by atoms with Crippen LogP contribution >= 0.6 is 34.2 Å². The zero-order valence-electron chi connectivity index (χ0n) is 7.29. The average Bonchev–Trinajstić information content (AvgIpc) is 2.56. The van der Waals surface area contributed by atoms with Gasteiger partial charge in [0, 0.05) is 33.2 Å². The SMILES string of the molecule is Cc1ccc(Cl)cc1-c1nc(I)no1. The molecule has 14 heavy (non-hydrogen) atoms. The van der Waals surface area contributed by atoms with Crippen LogP contribution < -0.4 is 0 Å². The van der Waals surface area contributed by atoms with Crippen LogP contribution in [0.4, 0.5) is 0 Å². The number of halogens is 2. The van der Waals surface area contributed by atoms with Gasteiger partial charge >= 0.3 is 0 Å². The molecule has 1 aromatic heterocycles. The Morgan fingerprint density at radius 3 is 2.86 bits per heavy atom. The zero-order valence-corrected chi connectivity index (χ0v) is 10.2. The molecule has 2 aromatic rings. The molecule has 0 aliphatic heterocycles. The number of hydrogen-bond donors (Lipinski definition) is 0. The van der Waals surface area contributed by atoms with E-state index in [0.29, 0.717) is 14.7 Å². The highest BCUT2D eigenvalue weighted by Gasteiger charge is 2.09. The lowest BCUT2D eigenvalue weighted by Gasteiger charge is -1.99. The van der Waals surface area contributed by atoms with E-state index >= 15 is 0 Å². The van der Waals surface area contributed by atoms with Crippen molar-refractivity contribution in [3.63, 3.8) is 0 Å². The molecule has 0 N–H and O–H groups in total. The number of aromatic nitrogens is 2. The molecular formula is C9H6ClIN2O. The van der Waals surface area contributed by atoms with E-state index in [9.17, 15) is 0 Å². The second kappa shape index (κ2) is 3.86. The maximum atomic E-state index is 5.88. The van der Waals surface area contributed by atoms with Gasteiger partial charge in [0.2, 0.25) is 3.83 Å². The molecule has 0 fully saturated rings. The third kappa shape index (κ3) is 1.90. The molecule has 1 aromatic carbocycles. The lowest BCUT2D eigenvalue weighted by molar-refractivity contribution is 0.425. The number of benzene rings is 1. The lowest BCUT2D eigenvalue weighted by Crippen LogP contribution is -1.83. The van der Waals surface area contributed by atoms with Gasteiger partial charge in [-0.2, -0.15) is 4.98 Å². The molecule has 0 saturated carbocycles. The third-order valence-corrected chi connectivity index (χ3v) is 2.50. The van der Waals surface area contributed by atoms with Crippen LogP contribution in [0.5, 0.6) is 0 Å². The molecule has 2 rings (SSSR count). The monoisotopic (exact) mass is 320 g/mol. The Kier molecular flexibility index (Phi) is 2.73. The summed E-state index contributed by atoms with van der Waals surface area (Å²) in [7, 11) is 0. The van der Waals surface area contributed by atoms with Gasteiger partial charge in [-0.05, 0) is 24.6 Å². The van der Waals surface area contributed by atoms with Gasteiger partial charge in [-0.25, -0.2) is 0 Å². The Morgan fingerprint density at radius 2 is 2.21 bits per heavy atom. The Labute approximate surface area is 99.6 Å². The number of rotatable bonds is 1. The lowest BCUT2D eigenvalue weighted by atomic mass is 10.1. The van der Waals surface area contributed by atoms with E-state index in [2.05, 4.69) is 10.1 Å². The first-order chi connectivity index (χ1) is 6.66. The third-order valence-electron chi connectivity index (χ3n) is 1.83. The van der Waals surface area contributed by atoms with Gasteiger partial charge in [0.05, 0.1) is 0 Å². The van der Waals surface area contributed by atoms with Crippen LogP contribution in [0, 0.1) is 10.8 Å². The summed E-state index contributed by atoms with van der Waals surface area (Å²) in [4.78, 5) is 4.13. The summed E-state index contributed by atoms with van der Waals surface area (Å²) in [6, 6.07) is 5.58. The van der Waals surface area contributed by atoms with E-state index in [0.717, 1.165) is 11.1 Å². The van der Waals surface area contributed by atoms with E-state index in [-0.39, 0.29) is 0 Å². The molecule has 0 amide bonds. The van der Waals surface area contributed by atoms with Crippen LogP contribution in [0.1, 0.15) is 5.56 Å². The largest absolute Gasteiger partial charge is 0.333 e. The van der Waals surface area contributed by atoms with E-state index in [4.69, 9.17) is 16.1 Å². The first-order valence-electron chi connectivity index (χ1n) is 3.92. The van der Waals surface area contributed by atoms with E-state index in [1.807, 2.05) is 47.7 Å². The van der Waals surface area contributed by atoms with Crippen molar-refractivity contribution in [2.45, 2.75) is 6.92 Å². The minimum absolute atomic E-state index is 0.509. The first kappa shape index (κ1) is 9.92. The summed E-state index contributed by atoms with van der Waals surface area (Å²) < 4.78 is 5.65. The Hall–Kier alpha value is -0.620. The molecule has 0 radical (unpaired) electrons. The zero-order chi connectivity index (χ0) is 10.1. The van der Waals surface area contributed by atoms with Crippen LogP contribution in [0.25, 0.3) is 11.5 Å². The topological polar surface area (TPSA) is 38.9 Å². The fraction of sp³-hybridized carbons (Fsp3) is 0.111. The summed E-state index contributed by atoms with van der Waals surface area (Å²) in [6.07, 6.45) is 0. The summed E-state index contributed by atoms with van der Waals surface area (Å²) >= 11 is 7.88.